The number of phenolic OH excluding ortho intramolecular Hbond substituents is 1. The van der Waals surface area contributed by atoms with Crippen LogP contribution in [0, 0.1) is 3.57 Å². The molecule has 0 aliphatic heterocycles. The number of aliphatic imine (C=N–C) groups is 1. The molecule has 1 N–H and O–H groups in total. The van der Waals surface area contributed by atoms with E-state index in [0.717, 1.165) is 26.1 Å². The number of rotatable bonds is 5. The minimum atomic E-state index is 0.232. The highest BCUT2D eigenvalue weighted by Gasteiger charge is 2.03. The average molecular weight is 429 g/mol. The van der Waals surface area contributed by atoms with Crippen LogP contribution in [0.25, 0.3) is 0 Å². The molecule has 3 aromatic rings. The van der Waals surface area contributed by atoms with Crippen molar-refractivity contribution in [1.82, 2.24) is 0 Å². The average Bonchev–Trinajstić information content (AvgIpc) is 2.61. The maximum atomic E-state index is 9.33. The van der Waals surface area contributed by atoms with E-state index in [1.165, 1.54) is 0 Å². The predicted molar refractivity (Wildman–Crippen MR) is 105 cm³/mol. The van der Waals surface area contributed by atoms with Crippen molar-refractivity contribution in [2.24, 2.45) is 4.99 Å². The first-order valence-electron chi connectivity index (χ1n) is 7.50. The van der Waals surface area contributed by atoms with Gasteiger partial charge >= 0.3 is 0 Å². The lowest BCUT2D eigenvalue weighted by molar-refractivity contribution is 0.306. The maximum absolute atomic E-state index is 9.33. The number of ether oxygens (including phenoxy) is 1. The van der Waals surface area contributed by atoms with E-state index in [4.69, 9.17) is 4.74 Å². The number of hydrogen-bond donors (Lipinski definition) is 1. The zero-order valence-corrected chi connectivity index (χ0v) is 15.1. The molecule has 0 aliphatic rings. The molecule has 0 radical (unpaired) electrons. The molecule has 0 aliphatic carbocycles. The minimum Gasteiger partial charge on any atom is -0.508 e. The van der Waals surface area contributed by atoms with Crippen LogP contribution < -0.4 is 4.74 Å². The van der Waals surface area contributed by atoms with Crippen molar-refractivity contribution < 1.29 is 9.84 Å². The molecule has 4 heteroatoms. The van der Waals surface area contributed by atoms with E-state index in [0.29, 0.717) is 6.61 Å². The topological polar surface area (TPSA) is 41.8 Å². The Bertz CT molecular complexity index is 830. The molecule has 0 unspecified atom stereocenters. The molecule has 0 aromatic heterocycles. The maximum Gasteiger partial charge on any atom is 0.128 e. The van der Waals surface area contributed by atoms with Gasteiger partial charge in [-0.2, -0.15) is 0 Å². The van der Waals surface area contributed by atoms with Gasteiger partial charge in [0.05, 0.1) is 5.69 Å². The molecule has 0 atom stereocenters. The number of halogens is 1. The fourth-order valence-corrected chi connectivity index (χ4v) is 2.69. The number of aromatic hydroxyl groups is 1. The summed E-state index contributed by atoms with van der Waals surface area (Å²) in [5, 5.41) is 9.33. The fourth-order valence-electron chi connectivity index (χ4n) is 2.17. The molecule has 0 fully saturated rings. The highest BCUT2D eigenvalue weighted by atomic mass is 127. The predicted octanol–water partition coefficient (Wildman–Crippen LogP) is 5.33. The van der Waals surface area contributed by atoms with E-state index >= 15 is 0 Å². The van der Waals surface area contributed by atoms with Gasteiger partial charge in [0, 0.05) is 15.3 Å². The van der Waals surface area contributed by atoms with Crippen LogP contribution in [0.15, 0.2) is 77.8 Å². The standard InChI is InChI=1S/C20H16INO2/c21-17-6-11-20(24-14-15-4-2-1-3-5-15)16(12-17)13-22-18-7-9-19(23)10-8-18/h1-13,23H,14H2/b22-13+. The Morgan fingerprint density at radius 1 is 0.958 bits per heavy atom. The lowest BCUT2D eigenvalue weighted by Gasteiger charge is -2.09. The van der Waals surface area contributed by atoms with E-state index in [9.17, 15) is 5.11 Å². The summed E-state index contributed by atoms with van der Waals surface area (Å²) in [5.41, 5.74) is 2.82. The van der Waals surface area contributed by atoms with Gasteiger partial charge in [0.25, 0.3) is 0 Å². The Labute approximate surface area is 154 Å². The highest BCUT2D eigenvalue weighted by molar-refractivity contribution is 14.1. The van der Waals surface area contributed by atoms with E-state index in [1.54, 1.807) is 30.5 Å². The van der Waals surface area contributed by atoms with E-state index in [1.807, 2.05) is 48.5 Å². The first-order chi connectivity index (χ1) is 11.7. The lowest BCUT2D eigenvalue weighted by atomic mass is 10.2. The van der Waals surface area contributed by atoms with Crippen molar-refractivity contribution in [2.45, 2.75) is 6.61 Å². The smallest absolute Gasteiger partial charge is 0.128 e. The van der Waals surface area contributed by atoms with Crippen molar-refractivity contribution in [3.63, 3.8) is 0 Å². The third kappa shape index (κ3) is 4.58. The summed E-state index contributed by atoms with van der Waals surface area (Å²) in [7, 11) is 0. The molecule has 24 heavy (non-hydrogen) atoms. The van der Waals surface area contributed by atoms with Crippen LogP contribution in [0.2, 0.25) is 0 Å². The SMILES string of the molecule is Oc1ccc(/N=C/c2cc(I)ccc2OCc2ccccc2)cc1. The van der Waals surface area contributed by atoms with Crippen molar-refractivity contribution in [2.75, 3.05) is 0 Å². The van der Waals surface area contributed by atoms with Crippen LogP contribution in [0.3, 0.4) is 0 Å². The summed E-state index contributed by atoms with van der Waals surface area (Å²) < 4.78 is 7.07. The molecule has 0 spiro atoms. The summed E-state index contributed by atoms with van der Waals surface area (Å²) in [6, 6.07) is 22.8. The normalized spacial score (nSPS) is 10.9. The van der Waals surface area contributed by atoms with Gasteiger partial charge in [-0.3, -0.25) is 4.99 Å². The second-order valence-corrected chi connectivity index (χ2v) is 6.48. The summed E-state index contributed by atoms with van der Waals surface area (Å²) in [4.78, 5) is 4.45. The van der Waals surface area contributed by atoms with Gasteiger partial charge in [-0.15, -0.1) is 0 Å². The molecule has 3 rings (SSSR count). The highest BCUT2D eigenvalue weighted by Crippen LogP contribution is 2.23. The Hall–Kier alpha value is -2.34. The molecule has 0 heterocycles. The quantitative estimate of drug-likeness (QED) is 0.440. The van der Waals surface area contributed by atoms with Gasteiger partial charge in [-0.05, 0) is 70.6 Å². The van der Waals surface area contributed by atoms with Crippen LogP contribution in [-0.4, -0.2) is 11.3 Å². The van der Waals surface area contributed by atoms with E-state index in [-0.39, 0.29) is 5.75 Å². The van der Waals surface area contributed by atoms with Gasteiger partial charge < -0.3 is 9.84 Å². The third-order valence-corrected chi connectivity index (χ3v) is 4.08. The van der Waals surface area contributed by atoms with Gasteiger partial charge in [-0.25, -0.2) is 0 Å². The van der Waals surface area contributed by atoms with Crippen LogP contribution >= 0.6 is 22.6 Å². The van der Waals surface area contributed by atoms with Crippen LogP contribution in [0.1, 0.15) is 11.1 Å². The Morgan fingerprint density at radius 3 is 2.46 bits per heavy atom. The Balaban J connectivity index is 1.79. The summed E-state index contributed by atoms with van der Waals surface area (Å²) in [5.74, 6) is 1.02. The monoisotopic (exact) mass is 429 g/mol. The van der Waals surface area contributed by atoms with Crippen molar-refractivity contribution in [1.29, 1.82) is 0 Å². The molecule has 0 saturated heterocycles. The second kappa shape index (κ2) is 7.97. The van der Waals surface area contributed by atoms with E-state index in [2.05, 4.69) is 27.6 Å². The first kappa shape index (κ1) is 16.5. The summed E-state index contributed by atoms with van der Waals surface area (Å²) in [6.45, 7) is 0.515. The summed E-state index contributed by atoms with van der Waals surface area (Å²) in [6.07, 6.45) is 1.79. The number of benzene rings is 3. The molecule has 0 amide bonds. The molecule has 0 saturated carbocycles. The van der Waals surface area contributed by atoms with Crippen LogP contribution in [0.5, 0.6) is 11.5 Å². The molecule has 3 aromatic carbocycles. The fraction of sp³-hybridized carbons (Fsp3) is 0.0500. The van der Waals surface area contributed by atoms with Crippen LogP contribution in [-0.2, 0) is 6.61 Å². The molecule has 3 nitrogen and oxygen atoms in total. The van der Waals surface area contributed by atoms with Gasteiger partial charge in [0.1, 0.15) is 18.1 Å². The Morgan fingerprint density at radius 2 is 1.71 bits per heavy atom. The van der Waals surface area contributed by atoms with Gasteiger partial charge in [0.2, 0.25) is 0 Å². The van der Waals surface area contributed by atoms with Gasteiger partial charge in [0.15, 0.2) is 0 Å². The first-order valence-corrected chi connectivity index (χ1v) is 8.58. The molecule has 0 bridgehead atoms. The summed E-state index contributed by atoms with van der Waals surface area (Å²) >= 11 is 2.27. The number of phenols is 1. The van der Waals surface area contributed by atoms with Crippen molar-refractivity contribution >= 4 is 34.5 Å². The van der Waals surface area contributed by atoms with Crippen molar-refractivity contribution in [3.8, 4) is 11.5 Å². The number of hydrogen-bond acceptors (Lipinski definition) is 3. The Kier molecular flexibility index (Phi) is 5.48. The number of nitrogens with zero attached hydrogens (tertiary/aromatic N) is 1. The third-order valence-electron chi connectivity index (χ3n) is 3.41. The molecular formula is C20H16INO2. The molecule has 120 valence electrons. The van der Waals surface area contributed by atoms with E-state index < -0.39 is 0 Å². The second-order valence-electron chi connectivity index (χ2n) is 5.23. The van der Waals surface area contributed by atoms with Crippen molar-refractivity contribution in [3.05, 3.63) is 87.5 Å². The zero-order valence-electron chi connectivity index (χ0n) is 12.9. The van der Waals surface area contributed by atoms with Crippen LogP contribution in [0.4, 0.5) is 5.69 Å². The largest absolute Gasteiger partial charge is 0.508 e. The van der Waals surface area contributed by atoms with Gasteiger partial charge in [-0.1, -0.05) is 30.3 Å². The zero-order chi connectivity index (χ0) is 16.8. The lowest BCUT2D eigenvalue weighted by Crippen LogP contribution is -1.98. The molecular weight excluding hydrogens is 413 g/mol. The minimum absolute atomic E-state index is 0.232.